The van der Waals surface area contributed by atoms with Crippen LogP contribution in [0.1, 0.15) is 44.7 Å². The molecule has 0 aliphatic heterocycles. The third-order valence-electron chi connectivity index (χ3n) is 2.71. The molecule has 0 aromatic carbocycles. The van der Waals surface area contributed by atoms with Gasteiger partial charge in [-0.1, -0.05) is 25.9 Å². The van der Waals surface area contributed by atoms with Gasteiger partial charge in [-0.15, -0.1) is 24.0 Å². The molecule has 0 aliphatic rings. The first kappa shape index (κ1) is 19.2. The van der Waals surface area contributed by atoms with Gasteiger partial charge < -0.3 is 15.2 Å². The maximum Gasteiger partial charge on any atom is 0.191 e. The zero-order chi connectivity index (χ0) is 14.5. The van der Waals surface area contributed by atoms with Crippen molar-refractivity contribution in [2.75, 3.05) is 13.1 Å². The lowest BCUT2D eigenvalue weighted by molar-refractivity contribution is 0.392. The Labute approximate surface area is 139 Å². The maximum absolute atomic E-state index is 5.14. The van der Waals surface area contributed by atoms with Crippen molar-refractivity contribution in [1.29, 1.82) is 0 Å². The van der Waals surface area contributed by atoms with Crippen LogP contribution in [0, 0.1) is 19.3 Å². The van der Waals surface area contributed by atoms with Gasteiger partial charge in [-0.3, -0.25) is 0 Å². The summed E-state index contributed by atoms with van der Waals surface area (Å²) < 4.78 is 5.14. The van der Waals surface area contributed by atoms with E-state index in [9.17, 15) is 0 Å². The van der Waals surface area contributed by atoms with Crippen LogP contribution in [-0.2, 0) is 6.54 Å². The van der Waals surface area contributed by atoms with Crippen LogP contribution in [0.25, 0.3) is 0 Å². The molecule has 0 saturated carbocycles. The van der Waals surface area contributed by atoms with E-state index in [4.69, 9.17) is 4.52 Å². The van der Waals surface area contributed by atoms with E-state index >= 15 is 0 Å². The van der Waals surface area contributed by atoms with Gasteiger partial charge in [-0.2, -0.15) is 0 Å². The Morgan fingerprint density at radius 3 is 2.35 bits per heavy atom. The van der Waals surface area contributed by atoms with Crippen molar-refractivity contribution in [2.45, 2.75) is 48.1 Å². The predicted molar refractivity (Wildman–Crippen MR) is 93.7 cm³/mol. The SMILES string of the molecule is CCNC(=NCc1c(C)noc1C)NCC(C)(C)C.I. The fraction of sp³-hybridized carbons (Fsp3) is 0.714. The lowest BCUT2D eigenvalue weighted by Crippen LogP contribution is -2.41. The molecule has 2 N–H and O–H groups in total. The van der Waals surface area contributed by atoms with Crippen molar-refractivity contribution in [3.8, 4) is 0 Å². The summed E-state index contributed by atoms with van der Waals surface area (Å²) >= 11 is 0. The smallest absolute Gasteiger partial charge is 0.191 e. The molecule has 0 saturated heterocycles. The van der Waals surface area contributed by atoms with Crippen molar-refractivity contribution < 1.29 is 4.52 Å². The normalized spacial score (nSPS) is 12.0. The molecular formula is C14H27IN4O. The van der Waals surface area contributed by atoms with E-state index in [1.54, 1.807) is 0 Å². The minimum absolute atomic E-state index is 0. The first-order valence-corrected chi connectivity index (χ1v) is 6.77. The van der Waals surface area contributed by atoms with E-state index in [0.717, 1.165) is 36.1 Å². The largest absolute Gasteiger partial charge is 0.361 e. The van der Waals surface area contributed by atoms with E-state index in [0.29, 0.717) is 6.54 Å². The number of hydrogen-bond acceptors (Lipinski definition) is 3. The lowest BCUT2D eigenvalue weighted by atomic mass is 9.97. The first-order valence-electron chi connectivity index (χ1n) is 6.77. The number of aliphatic imine (C=N–C) groups is 1. The Morgan fingerprint density at radius 2 is 1.90 bits per heavy atom. The van der Waals surface area contributed by atoms with Gasteiger partial charge in [-0.05, 0) is 26.2 Å². The van der Waals surface area contributed by atoms with Crippen LogP contribution in [0.15, 0.2) is 9.52 Å². The zero-order valence-corrected chi connectivity index (χ0v) is 15.7. The van der Waals surface area contributed by atoms with Crippen LogP contribution in [0.5, 0.6) is 0 Å². The average molecular weight is 394 g/mol. The third-order valence-corrected chi connectivity index (χ3v) is 2.71. The monoisotopic (exact) mass is 394 g/mol. The maximum atomic E-state index is 5.14. The molecule has 0 atom stereocenters. The summed E-state index contributed by atoms with van der Waals surface area (Å²) in [6.45, 7) is 14.8. The number of rotatable bonds is 4. The van der Waals surface area contributed by atoms with Crippen molar-refractivity contribution in [2.24, 2.45) is 10.4 Å². The van der Waals surface area contributed by atoms with Gasteiger partial charge in [0, 0.05) is 18.7 Å². The number of hydrogen-bond donors (Lipinski definition) is 2. The summed E-state index contributed by atoms with van der Waals surface area (Å²) in [6.07, 6.45) is 0. The number of aromatic nitrogens is 1. The van der Waals surface area contributed by atoms with Crippen molar-refractivity contribution >= 4 is 29.9 Å². The van der Waals surface area contributed by atoms with E-state index in [1.165, 1.54) is 0 Å². The molecule has 5 nitrogen and oxygen atoms in total. The molecule has 1 aromatic rings. The van der Waals surface area contributed by atoms with Gasteiger partial charge in [0.25, 0.3) is 0 Å². The molecule has 0 radical (unpaired) electrons. The van der Waals surface area contributed by atoms with Crippen molar-refractivity contribution in [3.63, 3.8) is 0 Å². The highest BCUT2D eigenvalue weighted by Crippen LogP contribution is 2.13. The van der Waals surface area contributed by atoms with E-state index in [2.05, 4.69) is 48.5 Å². The van der Waals surface area contributed by atoms with E-state index in [1.807, 2.05) is 13.8 Å². The zero-order valence-electron chi connectivity index (χ0n) is 13.3. The van der Waals surface area contributed by atoms with Gasteiger partial charge in [0.05, 0.1) is 12.2 Å². The first-order chi connectivity index (χ1) is 8.83. The van der Waals surface area contributed by atoms with Crippen LogP contribution in [-0.4, -0.2) is 24.2 Å². The van der Waals surface area contributed by atoms with Gasteiger partial charge in [0.2, 0.25) is 0 Å². The minimum Gasteiger partial charge on any atom is -0.361 e. The summed E-state index contributed by atoms with van der Waals surface area (Å²) in [6, 6.07) is 0. The van der Waals surface area contributed by atoms with Crippen molar-refractivity contribution in [3.05, 3.63) is 17.0 Å². The molecule has 0 bridgehead atoms. The second-order valence-corrected chi connectivity index (χ2v) is 5.91. The molecular weight excluding hydrogens is 367 g/mol. The Bertz CT molecular complexity index is 415. The highest BCUT2D eigenvalue weighted by molar-refractivity contribution is 14.0. The molecule has 0 unspecified atom stereocenters. The second kappa shape index (κ2) is 8.49. The fourth-order valence-electron chi connectivity index (χ4n) is 1.58. The third kappa shape index (κ3) is 6.58. The molecule has 20 heavy (non-hydrogen) atoms. The molecule has 0 spiro atoms. The van der Waals surface area contributed by atoms with E-state index < -0.39 is 0 Å². The molecule has 6 heteroatoms. The van der Waals surface area contributed by atoms with Crippen LogP contribution < -0.4 is 10.6 Å². The summed E-state index contributed by atoms with van der Waals surface area (Å²) in [5, 5.41) is 10.5. The highest BCUT2D eigenvalue weighted by Gasteiger charge is 2.12. The summed E-state index contributed by atoms with van der Waals surface area (Å²) in [5.41, 5.74) is 2.19. The van der Waals surface area contributed by atoms with Gasteiger partial charge in [0.1, 0.15) is 5.76 Å². The number of halogens is 1. The van der Waals surface area contributed by atoms with Gasteiger partial charge in [0.15, 0.2) is 5.96 Å². The van der Waals surface area contributed by atoms with Crippen LogP contribution in [0.4, 0.5) is 0 Å². The Hall–Kier alpha value is -0.790. The van der Waals surface area contributed by atoms with Crippen LogP contribution >= 0.6 is 24.0 Å². The van der Waals surface area contributed by atoms with Crippen LogP contribution in [0.2, 0.25) is 0 Å². The number of guanidine groups is 1. The minimum atomic E-state index is 0. The molecule has 0 aliphatic carbocycles. The van der Waals surface area contributed by atoms with Gasteiger partial charge in [-0.25, -0.2) is 4.99 Å². The lowest BCUT2D eigenvalue weighted by Gasteiger charge is -2.20. The number of nitrogens with zero attached hydrogens (tertiary/aromatic N) is 2. The second-order valence-electron chi connectivity index (χ2n) is 5.91. The standard InChI is InChI=1S/C14H26N4O.HI/c1-7-15-13(17-9-14(4,5)6)16-8-12-10(2)18-19-11(12)3;/h7-9H2,1-6H3,(H2,15,16,17);1H. The summed E-state index contributed by atoms with van der Waals surface area (Å²) in [4.78, 5) is 4.58. The topological polar surface area (TPSA) is 62.5 Å². The average Bonchev–Trinajstić information content (AvgIpc) is 2.62. The Balaban J connectivity index is 0.00000361. The molecule has 116 valence electrons. The molecule has 1 aromatic heterocycles. The van der Waals surface area contributed by atoms with Crippen molar-refractivity contribution in [1.82, 2.24) is 15.8 Å². The van der Waals surface area contributed by atoms with Gasteiger partial charge >= 0.3 is 0 Å². The Morgan fingerprint density at radius 1 is 1.25 bits per heavy atom. The fourth-order valence-corrected chi connectivity index (χ4v) is 1.58. The Kier molecular flexibility index (Phi) is 8.15. The molecule has 0 amide bonds. The number of aryl methyl sites for hydroxylation is 2. The molecule has 1 rings (SSSR count). The van der Waals surface area contributed by atoms with Crippen LogP contribution in [0.3, 0.4) is 0 Å². The number of nitrogens with one attached hydrogen (secondary N) is 2. The molecule has 0 fully saturated rings. The van der Waals surface area contributed by atoms with E-state index in [-0.39, 0.29) is 29.4 Å². The quantitative estimate of drug-likeness (QED) is 0.468. The summed E-state index contributed by atoms with van der Waals surface area (Å²) in [7, 11) is 0. The predicted octanol–water partition coefficient (Wildman–Crippen LogP) is 3.01. The summed E-state index contributed by atoms with van der Waals surface area (Å²) in [5.74, 6) is 1.67. The highest BCUT2D eigenvalue weighted by atomic mass is 127. The molecule has 1 heterocycles.